The predicted octanol–water partition coefficient (Wildman–Crippen LogP) is 1.76. The van der Waals surface area contributed by atoms with Crippen LogP contribution in [0.25, 0.3) is 22.3 Å². The molecule has 2 aliphatic rings. The van der Waals surface area contributed by atoms with Gasteiger partial charge < -0.3 is 25.2 Å². The standard InChI is InChI=1S/C29H28N6O8/c1-15(36)35(18-6-7-20-17(11-18)10-16-4-2-3-5-19(16)20)43-25(39)9-8-24(38)41-13-22-21(37)12-23(42-22)34-14-31-26-27(34)32-29(30)33-28(26)40/h2-7,11,14,21-23,37H,8-10,12-13H2,1H3,(H3,30,32,33,40)/t21-,22+,23+/m0/s1. The van der Waals surface area contributed by atoms with Gasteiger partial charge in [0.25, 0.3) is 11.5 Å². The first-order valence-electron chi connectivity index (χ1n) is 13.6. The van der Waals surface area contributed by atoms with Crippen LogP contribution in [0.4, 0.5) is 11.6 Å². The van der Waals surface area contributed by atoms with E-state index < -0.39 is 41.8 Å². The minimum Gasteiger partial charge on any atom is -0.463 e. The Kier molecular flexibility index (Phi) is 7.38. The predicted molar refractivity (Wildman–Crippen MR) is 151 cm³/mol. The quantitative estimate of drug-likeness (QED) is 0.185. The van der Waals surface area contributed by atoms with Crippen molar-refractivity contribution < 1.29 is 33.8 Å². The zero-order valence-corrected chi connectivity index (χ0v) is 23.1. The number of nitrogens with two attached hydrogens (primary N) is 1. The van der Waals surface area contributed by atoms with Crippen molar-refractivity contribution >= 4 is 40.6 Å². The third-order valence-electron chi connectivity index (χ3n) is 7.40. The number of nitrogen functional groups attached to an aromatic ring is 1. The monoisotopic (exact) mass is 588 g/mol. The molecule has 14 heteroatoms. The molecule has 4 N–H and O–H groups in total. The Hall–Kier alpha value is -5.08. The van der Waals surface area contributed by atoms with Crippen molar-refractivity contribution in [2.45, 2.75) is 51.0 Å². The van der Waals surface area contributed by atoms with Gasteiger partial charge in [0, 0.05) is 13.3 Å². The van der Waals surface area contributed by atoms with E-state index in [4.69, 9.17) is 20.0 Å². The van der Waals surface area contributed by atoms with Crippen LogP contribution in [0.3, 0.4) is 0 Å². The molecule has 14 nitrogen and oxygen atoms in total. The molecule has 0 radical (unpaired) electrons. The molecule has 3 heterocycles. The van der Waals surface area contributed by atoms with Crippen LogP contribution in [-0.4, -0.2) is 61.3 Å². The van der Waals surface area contributed by atoms with Crippen LogP contribution in [-0.2, 0) is 35.1 Å². The molecule has 2 aromatic heterocycles. The van der Waals surface area contributed by atoms with Crippen molar-refractivity contribution in [2.75, 3.05) is 17.4 Å². The Bertz CT molecular complexity index is 1800. The third-order valence-corrected chi connectivity index (χ3v) is 7.40. The number of fused-ring (bicyclic) bond motifs is 4. The summed E-state index contributed by atoms with van der Waals surface area (Å²) < 4.78 is 12.5. The third kappa shape index (κ3) is 5.57. The number of aliphatic hydroxyl groups is 1. The molecule has 4 aromatic rings. The van der Waals surface area contributed by atoms with Crippen LogP contribution in [0.15, 0.2) is 53.6 Å². The van der Waals surface area contributed by atoms with E-state index in [1.165, 1.54) is 23.4 Å². The number of aromatic amines is 1. The maximum Gasteiger partial charge on any atom is 0.333 e. The molecule has 1 aliphatic carbocycles. The van der Waals surface area contributed by atoms with Gasteiger partial charge in [-0.15, -0.1) is 5.06 Å². The van der Waals surface area contributed by atoms with Crippen molar-refractivity contribution in [1.82, 2.24) is 19.5 Å². The molecule has 0 unspecified atom stereocenters. The summed E-state index contributed by atoms with van der Waals surface area (Å²) in [6.45, 7) is 1.00. The molecular weight excluding hydrogens is 560 g/mol. The first-order valence-corrected chi connectivity index (χ1v) is 13.6. The maximum atomic E-state index is 12.6. The Balaban J connectivity index is 1.01. The van der Waals surface area contributed by atoms with Gasteiger partial charge in [0.1, 0.15) is 18.9 Å². The number of H-pyrrole nitrogens is 1. The Morgan fingerprint density at radius 3 is 2.72 bits per heavy atom. The second kappa shape index (κ2) is 11.3. The van der Waals surface area contributed by atoms with E-state index in [0.717, 1.165) is 21.8 Å². The summed E-state index contributed by atoms with van der Waals surface area (Å²) in [4.78, 5) is 65.1. The number of benzene rings is 2. The van der Waals surface area contributed by atoms with Gasteiger partial charge in [-0.25, -0.2) is 9.78 Å². The van der Waals surface area contributed by atoms with Gasteiger partial charge >= 0.3 is 11.9 Å². The molecule has 1 fully saturated rings. The van der Waals surface area contributed by atoms with E-state index in [0.29, 0.717) is 12.1 Å². The lowest BCUT2D eigenvalue weighted by atomic mass is 10.1. The average molecular weight is 589 g/mol. The lowest BCUT2D eigenvalue weighted by molar-refractivity contribution is -0.156. The minimum absolute atomic E-state index is 0.0686. The number of nitrogens with zero attached hydrogens (tertiary/aromatic N) is 4. The lowest BCUT2D eigenvalue weighted by Crippen LogP contribution is -2.32. The summed E-state index contributed by atoms with van der Waals surface area (Å²) in [7, 11) is 0. The highest BCUT2D eigenvalue weighted by Crippen LogP contribution is 2.38. The fourth-order valence-corrected chi connectivity index (χ4v) is 5.35. The van der Waals surface area contributed by atoms with Gasteiger partial charge in [0.15, 0.2) is 11.2 Å². The molecule has 0 bridgehead atoms. The molecule has 222 valence electrons. The molecule has 0 spiro atoms. The Labute approximate surface area is 244 Å². The van der Waals surface area contributed by atoms with E-state index in [1.54, 1.807) is 6.07 Å². The van der Waals surface area contributed by atoms with Crippen molar-refractivity contribution in [3.05, 3.63) is 70.3 Å². The van der Waals surface area contributed by atoms with Crippen LogP contribution >= 0.6 is 0 Å². The van der Waals surface area contributed by atoms with Crippen LogP contribution in [0.2, 0.25) is 0 Å². The van der Waals surface area contributed by atoms with Gasteiger partial charge in [-0.05, 0) is 40.8 Å². The van der Waals surface area contributed by atoms with Crippen molar-refractivity contribution in [3.63, 3.8) is 0 Å². The molecule has 6 rings (SSSR count). The summed E-state index contributed by atoms with van der Waals surface area (Å²) in [6, 6.07) is 13.4. The molecule has 1 aliphatic heterocycles. The second-order valence-corrected chi connectivity index (χ2v) is 10.3. The number of rotatable bonds is 7. The number of hydroxylamine groups is 1. The number of amides is 1. The van der Waals surface area contributed by atoms with Crippen LogP contribution in [0.5, 0.6) is 0 Å². The number of aliphatic hydroxyl groups excluding tert-OH is 1. The molecular formula is C29H28N6O8. The normalized spacial score (nSPS) is 18.7. The minimum atomic E-state index is -0.983. The summed E-state index contributed by atoms with van der Waals surface area (Å²) in [5.74, 6) is -2.09. The van der Waals surface area contributed by atoms with Gasteiger partial charge in [0.05, 0.1) is 31.0 Å². The van der Waals surface area contributed by atoms with E-state index in [1.807, 2.05) is 36.4 Å². The van der Waals surface area contributed by atoms with Crippen molar-refractivity contribution in [3.8, 4) is 11.1 Å². The number of imidazole rings is 1. The first-order chi connectivity index (χ1) is 20.7. The zero-order chi connectivity index (χ0) is 30.2. The number of hydrogen-bond donors (Lipinski definition) is 3. The number of hydrogen-bond acceptors (Lipinski definition) is 11. The number of esters is 1. The van der Waals surface area contributed by atoms with Gasteiger partial charge in [0.2, 0.25) is 5.95 Å². The fraction of sp³-hybridized carbons (Fsp3) is 0.310. The summed E-state index contributed by atoms with van der Waals surface area (Å²) >= 11 is 0. The van der Waals surface area contributed by atoms with Gasteiger partial charge in [-0.3, -0.25) is 23.9 Å². The molecule has 2 aromatic carbocycles. The van der Waals surface area contributed by atoms with Crippen LogP contribution in [0.1, 0.15) is 43.5 Å². The highest BCUT2D eigenvalue weighted by atomic mass is 16.7. The highest BCUT2D eigenvalue weighted by molar-refractivity contribution is 5.93. The second-order valence-electron chi connectivity index (χ2n) is 10.3. The van der Waals surface area contributed by atoms with E-state index >= 15 is 0 Å². The number of ether oxygens (including phenoxy) is 2. The number of aromatic nitrogens is 4. The van der Waals surface area contributed by atoms with Gasteiger partial charge in [-0.2, -0.15) is 4.98 Å². The van der Waals surface area contributed by atoms with Gasteiger partial charge in [-0.1, -0.05) is 30.3 Å². The van der Waals surface area contributed by atoms with Crippen molar-refractivity contribution in [1.29, 1.82) is 0 Å². The molecule has 1 saturated heterocycles. The average Bonchev–Trinajstić information content (AvgIpc) is 3.67. The lowest BCUT2D eigenvalue weighted by Gasteiger charge is -2.20. The van der Waals surface area contributed by atoms with E-state index in [2.05, 4.69) is 15.0 Å². The topological polar surface area (TPSA) is 192 Å². The number of carbonyl (C=O) groups excluding carboxylic acids is 3. The molecule has 43 heavy (non-hydrogen) atoms. The number of anilines is 2. The van der Waals surface area contributed by atoms with E-state index in [-0.39, 0.29) is 43.0 Å². The summed E-state index contributed by atoms with van der Waals surface area (Å²) in [5.41, 5.74) is 10.2. The number of nitrogens with one attached hydrogen (secondary N) is 1. The fourth-order valence-electron chi connectivity index (χ4n) is 5.35. The summed E-state index contributed by atoms with van der Waals surface area (Å²) in [5, 5.41) is 11.4. The molecule has 3 atom stereocenters. The largest absolute Gasteiger partial charge is 0.463 e. The SMILES string of the molecule is CC(=O)N(OC(=O)CCC(=O)OC[C@H]1O[C@@H](n2cnc3c(=O)[nH]c(N)nc32)C[C@@H]1O)c1ccc2c(c1)Cc1ccccc1-2. The molecule has 1 amide bonds. The summed E-state index contributed by atoms with van der Waals surface area (Å²) in [6.07, 6.45) is -1.03. The van der Waals surface area contributed by atoms with E-state index in [9.17, 15) is 24.3 Å². The Morgan fingerprint density at radius 1 is 1.14 bits per heavy atom. The van der Waals surface area contributed by atoms with Crippen molar-refractivity contribution in [2.24, 2.45) is 0 Å². The molecule has 0 saturated carbocycles. The number of carbonyl (C=O) groups is 3. The first kappa shape index (κ1) is 28.1. The highest BCUT2D eigenvalue weighted by Gasteiger charge is 2.37. The Morgan fingerprint density at radius 2 is 1.91 bits per heavy atom. The smallest absolute Gasteiger partial charge is 0.333 e. The van der Waals surface area contributed by atoms with Crippen LogP contribution < -0.4 is 16.4 Å². The van der Waals surface area contributed by atoms with Crippen LogP contribution in [0, 0.1) is 0 Å². The zero-order valence-electron chi connectivity index (χ0n) is 23.1. The maximum absolute atomic E-state index is 12.6.